The number of fused-ring (bicyclic) bond motifs is 3. The molecular weight excluding hydrogens is 865 g/mol. The predicted octanol–water partition coefficient (Wildman–Crippen LogP) is 12.1. The summed E-state index contributed by atoms with van der Waals surface area (Å²) in [6.07, 6.45) is 12.2. The quantitative estimate of drug-likeness (QED) is 0.123. The fourth-order valence-electron chi connectivity index (χ4n) is 7.25. The Balaban J connectivity index is 0.000000204. The molecule has 0 saturated heterocycles. The summed E-state index contributed by atoms with van der Waals surface area (Å²) in [7, 11) is 0. The van der Waals surface area contributed by atoms with E-state index in [1.165, 1.54) is 85.3 Å². The molecule has 0 atom stereocenters. The Bertz CT molecular complexity index is 2180. The minimum atomic E-state index is -1.77. The zero-order chi connectivity index (χ0) is 33.8. The first kappa shape index (κ1) is 36.4. The molecule has 0 N–H and O–H groups in total. The second kappa shape index (κ2) is 16.3. The first-order valence-corrected chi connectivity index (χ1v) is 25.8. The normalized spacial score (nSPS) is 13.4. The van der Waals surface area contributed by atoms with Crippen LogP contribution >= 0.6 is 11.3 Å². The summed E-state index contributed by atoms with van der Waals surface area (Å²) in [5, 5.41) is 2.62. The van der Waals surface area contributed by atoms with Gasteiger partial charge in [0.1, 0.15) is 0 Å². The van der Waals surface area contributed by atoms with E-state index in [1.807, 2.05) is 35.7 Å². The van der Waals surface area contributed by atoms with Crippen LogP contribution in [0.5, 0.6) is 0 Å². The van der Waals surface area contributed by atoms with Crippen molar-refractivity contribution in [1.82, 2.24) is 9.97 Å². The van der Waals surface area contributed by atoms with Crippen molar-refractivity contribution < 1.29 is 20.1 Å². The van der Waals surface area contributed by atoms with Gasteiger partial charge in [0.25, 0.3) is 0 Å². The zero-order valence-electron chi connectivity index (χ0n) is 29.4. The van der Waals surface area contributed by atoms with Crippen LogP contribution in [-0.4, -0.2) is 23.2 Å². The molecule has 3 heterocycles. The summed E-state index contributed by atoms with van der Waals surface area (Å²) in [4.78, 5) is 9.36. The van der Waals surface area contributed by atoms with Gasteiger partial charge in [0.05, 0.1) is 0 Å². The molecule has 0 aliphatic heterocycles. The van der Waals surface area contributed by atoms with Gasteiger partial charge >= 0.3 is 106 Å². The maximum Gasteiger partial charge on any atom is 0.0240 e. The topological polar surface area (TPSA) is 25.8 Å². The second-order valence-corrected chi connectivity index (χ2v) is 26.1. The number of rotatable bonds is 6. The Morgan fingerprint density at radius 3 is 2.28 bits per heavy atom. The molecule has 3 aromatic heterocycles. The van der Waals surface area contributed by atoms with Crippen LogP contribution in [0, 0.1) is 25.0 Å². The van der Waals surface area contributed by atoms with E-state index in [2.05, 4.69) is 132 Å². The smallest absolute Gasteiger partial charge is 0.0240 e. The number of benzene rings is 4. The molecule has 1 radical (unpaired) electrons. The third kappa shape index (κ3) is 8.37. The van der Waals surface area contributed by atoms with Gasteiger partial charge in [0, 0.05) is 31.0 Å². The molecule has 2 nitrogen and oxygen atoms in total. The number of pyridine rings is 2. The first-order valence-electron chi connectivity index (χ1n) is 17.7. The molecule has 8 rings (SSSR count). The molecule has 5 heteroatoms. The number of aromatic nitrogens is 2. The van der Waals surface area contributed by atoms with Crippen molar-refractivity contribution in [2.75, 3.05) is 0 Å². The average Bonchev–Trinajstić information content (AvgIpc) is 3.51. The van der Waals surface area contributed by atoms with E-state index in [0.717, 1.165) is 28.4 Å². The molecular formula is C45H44GeIrN2S-2. The monoisotopic (exact) mass is 911 g/mol. The van der Waals surface area contributed by atoms with Crippen molar-refractivity contribution in [3.63, 3.8) is 0 Å². The number of aryl methyl sites for hydroxylation is 1. The van der Waals surface area contributed by atoms with E-state index in [-0.39, 0.29) is 20.1 Å². The van der Waals surface area contributed by atoms with Gasteiger partial charge in [-0.05, 0) is 57.4 Å². The van der Waals surface area contributed by atoms with Crippen LogP contribution in [0.1, 0.15) is 43.2 Å². The Kier molecular flexibility index (Phi) is 11.9. The number of thiophene rings is 1. The first-order chi connectivity index (χ1) is 23.8. The maximum atomic E-state index is 4.76. The van der Waals surface area contributed by atoms with E-state index < -0.39 is 13.3 Å². The van der Waals surface area contributed by atoms with Crippen LogP contribution in [0.15, 0.2) is 116 Å². The number of nitrogens with zero attached hydrogens (tertiary/aromatic N) is 2. The predicted molar refractivity (Wildman–Crippen MR) is 213 cm³/mol. The molecule has 0 amide bonds. The minimum Gasteiger partial charge on any atom is -0.305 e. The van der Waals surface area contributed by atoms with E-state index in [4.69, 9.17) is 4.98 Å². The molecule has 1 fully saturated rings. The van der Waals surface area contributed by atoms with Crippen LogP contribution in [-0.2, 0) is 26.5 Å². The third-order valence-corrected chi connectivity index (χ3v) is 15.5. The zero-order valence-corrected chi connectivity index (χ0v) is 34.7. The molecule has 0 bridgehead atoms. The molecule has 1 saturated carbocycles. The van der Waals surface area contributed by atoms with E-state index in [9.17, 15) is 0 Å². The molecule has 4 aromatic carbocycles. The fraction of sp³-hybridized carbons (Fsp3) is 0.244. The minimum absolute atomic E-state index is 0. The Morgan fingerprint density at radius 2 is 1.54 bits per heavy atom. The van der Waals surface area contributed by atoms with Crippen LogP contribution in [0.25, 0.3) is 53.8 Å². The standard InChI is InChI=1S/C30H26NS.C15H18GeN.Ir/c1-3-8-21(9-4-1)18-22-16-17-31-28(19-22)26-13-7-12-25-27-20-24(23-10-5-2-6-11-23)14-15-29(27)32-30(25)26;1-12-10-15(13-8-6-5-7-9-13)17-11-14(12)16(2,3)4;/h2,5-7,10-12,14-17,19-21H,1,3-4,8-9,18H2;5-8,10-11H,1-4H3;/q2*-1;. The molecule has 50 heavy (non-hydrogen) atoms. The maximum absolute atomic E-state index is 4.76. The molecule has 255 valence electrons. The number of hydrogen-bond acceptors (Lipinski definition) is 3. The molecule has 1 aliphatic rings. The Labute approximate surface area is 318 Å². The van der Waals surface area contributed by atoms with Crippen LogP contribution < -0.4 is 4.40 Å². The van der Waals surface area contributed by atoms with E-state index >= 15 is 0 Å². The summed E-state index contributed by atoms with van der Waals surface area (Å²) in [5.41, 5.74) is 9.60. The molecule has 0 spiro atoms. The fourth-order valence-corrected chi connectivity index (χ4v) is 12.0. The molecule has 7 aromatic rings. The van der Waals surface area contributed by atoms with Crippen molar-refractivity contribution in [3.05, 3.63) is 139 Å². The molecule has 0 unspecified atom stereocenters. The van der Waals surface area contributed by atoms with Crippen LogP contribution in [0.3, 0.4) is 0 Å². The van der Waals surface area contributed by atoms with Crippen molar-refractivity contribution in [3.8, 4) is 33.6 Å². The summed E-state index contributed by atoms with van der Waals surface area (Å²) in [6.45, 7) is 2.19. The molecule has 1 aliphatic carbocycles. The van der Waals surface area contributed by atoms with Gasteiger partial charge in [-0.2, -0.15) is 11.3 Å². The average molecular weight is 910 g/mol. The van der Waals surface area contributed by atoms with Crippen molar-refractivity contribution in [2.45, 2.75) is 62.7 Å². The van der Waals surface area contributed by atoms with Crippen molar-refractivity contribution in [2.24, 2.45) is 5.92 Å². The van der Waals surface area contributed by atoms with Crippen LogP contribution in [0.4, 0.5) is 0 Å². The SMILES string of the molecule is Cc1cc(-c2[c-]cccc2)nc[c]1[Ge]([CH3])([CH3])[CH3].[Ir].[c-]1ccc2c(sc3ccc(-c4ccccc4)cc32)c1-c1cc(CC2CCCCC2)ccn1. The van der Waals surface area contributed by atoms with Gasteiger partial charge in [0.2, 0.25) is 0 Å². The van der Waals surface area contributed by atoms with Gasteiger partial charge in [-0.1, -0.05) is 85.5 Å². The van der Waals surface area contributed by atoms with Gasteiger partial charge in [-0.15, -0.1) is 23.8 Å². The van der Waals surface area contributed by atoms with Crippen molar-refractivity contribution >= 4 is 49.2 Å². The van der Waals surface area contributed by atoms with Gasteiger partial charge in [-0.25, -0.2) is 0 Å². The van der Waals surface area contributed by atoms with Gasteiger partial charge in [-0.3, -0.25) is 0 Å². The third-order valence-electron chi connectivity index (χ3n) is 9.77. The van der Waals surface area contributed by atoms with E-state index in [0.29, 0.717) is 0 Å². The van der Waals surface area contributed by atoms with Crippen LogP contribution in [0.2, 0.25) is 17.3 Å². The second-order valence-electron chi connectivity index (χ2n) is 14.4. The van der Waals surface area contributed by atoms with Gasteiger partial charge in [0.15, 0.2) is 0 Å². The van der Waals surface area contributed by atoms with Gasteiger partial charge < -0.3 is 4.98 Å². The summed E-state index contributed by atoms with van der Waals surface area (Å²) in [6, 6.07) is 43.2. The number of hydrogen-bond donors (Lipinski definition) is 0. The Hall–Kier alpha value is -3.41. The largest absolute Gasteiger partial charge is 0.305 e. The summed E-state index contributed by atoms with van der Waals surface area (Å²) < 4.78 is 4.10. The summed E-state index contributed by atoms with van der Waals surface area (Å²) >= 11 is 0.0847. The van der Waals surface area contributed by atoms with E-state index in [1.54, 1.807) is 0 Å². The van der Waals surface area contributed by atoms with Crippen molar-refractivity contribution in [1.29, 1.82) is 0 Å². The summed E-state index contributed by atoms with van der Waals surface area (Å²) in [5.74, 6) is 8.04. The Morgan fingerprint density at radius 1 is 0.740 bits per heavy atom.